The van der Waals surface area contributed by atoms with E-state index in [2.05, 4.69) is 13.8 Å². The molecule has 0 aromatic rings. The third-order valence-electron chi connectivity index (χ3n) is 1.96. The zero-order chi connectivity index (χ0) is 8.53. The molecule has 65 valence electrons. The van der Waals surface area contributed by atoms with Gasteiger partial charge in [0.15, 0.2) is 0 Å². The summed E-state index contributed by atoms with van der Waals surface area (Å²) in [5.74, 6) is 0.911. The van der Waals surface area contributed by atoms with E-state index in [1.54, 1.807) is 0 Å². The van der Waals surface area contributed by atoms with E-state index in [0.29, 0.717) is 0 Å². The van der Waals surface area contributed by atoms with Crippen molar-refractivity contribution in [2.24, 2.45) is 5.92 Å². The van der Waals surface area contributed by atoms with Crippen molar-refractivity contribution in [2.75, 3.05) is 0 Å². The van der Waals surface area contributed by atoms with Crippen molar-refractivity contribution >= 4 is 0 Å². The van der Waals surface area contributed by atoms with E-state index in [0.717, 1.165) is 5.92 Å². The molecule has 0 spiro atoms. The first-order valence-electron chi connectivity index (χ1n) is 4.92. The molecule has 0 radical (unpaired) electrons. The Morgan fingerprint density at radius 3 is 2.00 bits per heavy atom. The molecular weight excluding hydrogens is 299 g/mol. The summed E-state index contributed by atoms with van der Waals surface area (Å²) in [4.78, 5) is 0. The van der Waals surface area contributed by atoms with Gasteiger partial charge in [0.1, 0.15) is 0 Å². The van der Waals surface area contributed by atoms with Crippen LogP contribution < -0.4 is 0 Å². The summed E-state index contributed by atoms with van der Waals surface area (Å²) in [6, 6.07) is 0. The van der Waals surface area contributed by atoms with Gasteiger partial charge in [-0.1, -0.05) is 0 Å². The van der Waals surface area contributed by atoms with Gasteiger partial charge in [0, 0.05) is 0 Å². The Morgan fingerprint density at radius 1 is 0.909 bits per heavy atom. The van der Waals surface area contributed by atoms with E-state index < -0.39 is 0 Å². The standard InChI is InChI=1S/C10H21.Hf/c1-4-5-6-7-8-9-10(2)3;/h10H,1,4-9H2,2-3H3;. The van der Waals surface area contributed by atoms with E-state index in [1.807, 2.05) is 0 Å². The van der Waals surface area contributed by atoms with Crippen molar-refractivity contribution < 1.29 is 24.4 Å². The minimum absolute atomic E-state index is 0.911. The van der Waals surface area contributed by atoms with Crippen molar-refractivity contribution in [2.45, 2.75) is 56.5 Å². The maximum atomic E-state index is 2.32. The molecule has 0 saturated carbocycles. The molecule has 1 heteroatoms. The van der Waals surface area contributed by atoms with Crippen molar-refractivity contribution in [3.63, 3.8) is 0 Å². The Hall–Kier alpha value is 0.870. The van der Waals surface area contributed by atoms with Crippen LogP contribution in [0, 0.1) is 5.92 Å². The molecule has 0 saturated heterocycles. The van der Waals surface area contributed by atoms with Gasteiger partial charge >= 0.3 is 86.8 Å². The molecule has 0 unspecified atom stereocenters. The van der Waals surface area contributed by atoms with Gasteiger partial charge in [-0.05, 0) is 0 Å². The molecule has 0 heterocycles. The fourth-order valence-corrected chi connectivity index (χ4v) is 2.11. The third kappa shape index (κ3) is 10.9. The second-order valence-electron chi connectivity index (χ2n) is 3.70. The van der Waals surface area contributed by atoms with E-state index in [1.165, 1.54) is 67.1 Å². The van der Waals surface area contributed by atoms with Crippen molar-refractivity contribution in [1.82, 2.24) is 0 Å². The summed E-state index contributed by atoms with van der Waals surface area (Å²) in [6.07, 6.45) is 8.82. The van der Waals surface area contributed by atoms with E-state index >= 15 is 0 Å². The van der Waals surface area contributed by atoms with Gasteiger partial charge in [-0.2, -0.15) is 0 Å². The number of unbranched alkanes of at least 4 members (excludes halogenated alkanes) is 4. The van der Waals surface area contributed by atoms with Crippen LogP contribution in [0.15, 0.2) is 0 Å². The molecule has 0 fully saturated rings. The monoisotopic (exact) mass is 321 g/mol. The second-order valence-corrected chi connectivity index (χ2v) is 5.50. The summed E-state index contributed by atoms with van der Waals surface area (Å²) in [6.45, 7) is 4.63. The molecule has 11 heavy (non-hydrogen) atoms. The first-order chi connectivity index (χ1) is 5.27. The first-order valence-corrected chi connectivity index (χ1v) is 7.46. The van der Waals surface area contributed by atoms with Crippen molar-refractivity contribution in [3.8, 4) is 0 Å². The predicted molar refractivity (Wildman–Crippen MR) is 47.3 cm³/mol. The Bertz CT molecular complexity index is 69.3. The molecule has 0 aromatic carbocycles. The van der Waals surface area contributed by atoms with Crippen LogP contribution in [-0.2, 0) is 24.4 Å². The molecule has 0 bridgehead atoms. The average Bonchev–Trinajstić information content (AvgIpc) is 1.96. The molecule has 0 nitrogen and oxygen atoms in total. The maximum absolute atomic E-state index is 2.32. The van der Waals surface area contributed by atoms with Gasteiger partial charge < -0.3 is 0 Å². The molecule has 0 aliphatic carbocycles. The van der Waals surface area contributed by atoms with E-state index in [-0.39, 0.29) is 0 Å². The SMILES string of the molecule is CC(C)CCCCCC[CH2][Hf]. The molecule has 0 rings (SSSR count). The molecule has 0 aromatic heterocycles. The molecule has 0 atom stereocenters. The number of rotatable bonds is 7. The summed E-state index contributed by atoms with van der Waals surface area (Å²) in [5, 5.41) is 0. The van der Waals surface area contributed by atoms with Crippen molar-refractivity contribution in [1.29, 1.82) is 0 Å². The molecule has 0 amide bonds. The fourth-order valence-electron chi connectivity index (χ4n) is 1.21. The van der Waals surface area contributed by atoms with Crippen LogP contribution in [0.1, 0.15) is 52.4 Å². The van der Waals surface area contributed by atoms with Gasteiger partial charge in [-0.3, -0.25) is 0 Å². The Kier molecular flexibility index (Phi) is 9.67. The molecule has 0 aliphatic heterocycles. The van der Waals surface area contributed by atoms with Crippen LogP contribution in [0.25, 0.3) is 0 Å². The van der Waals surface area contributed by atoms with Gasteiger partial charge in [-0.25, -0.2) is 0 Å². The zero-order valence-corrected chi connectivity index (χ0v) is 11.6. The summed E-state index contributed by atoms with van der Waals surface area (Å²) in [7, 11) is 0. The average molecular weight is 320 g/mol. The normalized spacial score (nSPS) is 10.7. The van der Waals surface area contributed by atoms with Crippen LogP contribution in [0.2, 0.25) is 4.18 Å². The predicted octanol–water partition coefficient (Wildman–Crippen LogP) is 3.95. The summed E-state index contributed by atoms with van der Waals surface area (Å²) < 4.78 is 1.50. The topological polar surface area (TPSA) is 0 Å². The number of hydrogen-bond acceptors (Lipinski definition) is 0. The first kappa shape index (κ1) is 11.9. The van der Waals surface area contributed by atoms with E-state index in [4.69, 9.17) is 0 Å². The fraction of sp³-hybridized carbons (Fsp3) is 1.00. The van der Waals surface area contributed by atoms with Crippen LogP contribution in [0.4, 0.5) is 0 Å². The van der Waals surface area contributed by atoms with Crippen LogP contribution in [-0.4, -0.2) is 0 Å². The quantitative estimate of drug-likeness (QED) is 0.492. The summed E-state index contributed by atoms with van der Waals surface area (Å²) in [5.41, 5.74) is 0. The summed E-state index contributed by atoms with van der Waals surface area (Å²) >= 11 is 1.41. The Balaban J connectivity index is 2.80. The minimum atomic E-state index is 0.911. The Morgan fingerprint density at radius 2 is 1.45 bits per heavy atom. The Labute approximate surface area is 86.7 Å². The second kappa shape index (κ2) is 8.96. The third-order valence-corrected chi connectivity index (χ3v) is 3.23. The van der Waals surface area contributed by atoms with Crippen molar-refractivity contribution in [3.05, 3.63) is 0 Å². The van der Waals surface area contributed by atoms with E-state index in [9.17, 15) is 0 Å². The van der Waals surface area contributed by atoms with Crippen LogP contribution in [0.5, 0.6) is 0 Å². The zero-order valence-electron chi connectivity index (χ0n) is 8.03. The van der Waals surface area contributed by atoms with Gasteiger partial charge in [0.2, 0.25) is 0 Å². The molecule has 0 N–H and O–H groups in total. The van der Waals surface area contributed by atoms with Gasteiger partial charge in [0.05, 0.1) is 0 Å². The van der Waals surface area contributed by atoms with Gasteiger partial charge in [0.25, 0.3) is 0 Å². The van der Waals surface area contributed by atoms with Crippen LogP contribution in [0.3, 0.4) is 0 Å². The molecule has 0 aliphatic rings. The number of hydrogen-bond donors (Lipinski definition) is 0. The molecular formula is C10H21Hf. The van der Waals surface area contributed by atoms with Crippen LogP contribution >= 0.6 is 0 Å². The van der Waals surface area contributed by atoms with Gasteiger partial charge in [-0.15, -0.1) is 0 Å².